The Morgan fingerprint density at radius 1 is 1.06 bits per heavy atom. The first-order chi connectivity index (χ1) is 14.7. The third kappa shape index (κ3) is 5.05. The van der Waals surface area contributed by atoms with Crippen LogP contribution in [0.4, 0.5) is 23.2 Å². The van der Waals surface area contributed by atoms with Gasteiger partial charge in [-0.3, -0.25) is 10.1 Å². The second kappa shape index (κ2) is 8.67. The number of hydrogen-bond donors (Lipinski definition) is 0. The van der Waals surface area contributed by atoms with E-state index in [2.05, 4.69) is 0 Å². The minimum atomic E-state index is -4.73. The number of nitro benzene ring substituents is 1. The summed E-state index contributed by atoms with van der Waals surface area (Å²) in [7, 11) is 0. The van der Waals surface area contributed by atoms with E-state index in [0.717, 1.165) is 6.07 Å². The van der Waals surface area contributed by atoms with Crippen LogP contribution in [0.1, 0.15) is 16.7 Å². The zero-order valence-corrected chi connectivity index (χ0v) is 15.6. The Labute approximate surface area is 173 Å². The lowest BCUT2D eigenvalue weighted by Gasteiger charge is -2.10. The van der Waals surface area contributed by atoms with Gasteiger partial charge in [0.2, 0.25) is 5.75 Å². The first kappa shape index (κ1) is 21.5. The SMILES string of the molecule is N#C/C(=C/c1ccc(Oc2ccc(C(F)(F)F)cc2[N+](=O)[O-])cc1)c1ccccc1F. The van der Waals surface area contributed by atoms with Gasteiger partial charge in [0.05, 0.1) is 22.1 Å². The van der Waals surface area contributed by atoms with Crippen molar-refractivity contribution < 1.29 is 27.2 Å². The number of benzene rings is 3. The summed E-state index contributed by atoms with van der Waals surface area (Å²) in [6.07, 6.45) is -3.28. The Morgan fingerprint density at radius 3 is 2.32 bits per heavy atom. The molecule has 0 saturated heterocycles. The lowest BCUT2D eigenvalue weighted by atomic mass is 10.0. The minimum absolute atomic E-state index is 0.0881. The number of rotatable bonds is 5. The lowest BCUT2D eigenvalue weighted by Crippen LogP contribution is -2.06. The molecule has 0 N–H and O–H groups in total. The molecule has 9 heteroatoms. The molecular weight excluding hydrogens is 416 g/mol. The van der Waals surface area contributed by atoms with Gasteiger partial charge in [-0.1, -0.05) is 30.3 Å². The quantitative estimate of drug-likeness (QED) is 0.151. The van der Waals surface area contributed by atoms with E-state index in [4.69, 9.17) is 4.74 Å². The summed E-state index contributed by atoms with van der Waals surface area (Å²) < 4.78 is 57.7. The van der Waals surface area contributed by atoms with Gasteiger partial charge in [-0.15, -0.1) is 0 Å². The van der Waals surface area contributed by atoms with Crippen molar-refractivity contribution in [3.63, 3.8) is 0 Å². The Hall–Kier alpha value is -4.19. The van der Waals surface area contributed by atoms with Gasteiger partial charge in [-0.25, -0.2) is 4.39 Å². The van der Waals surface area contributed by atoms with E-state index in [1.54, 1.807) is 6.07 Å². The highest BCUT2D eigenvalue weighted by molar-refractivity contribution is 5.89. The van der Waals surface area contributed by atoms with E-state index >= 15 is 0 Å². The average Bonchev–Trinajstić information content (AvgIpc) is 2.73. The fourth-order valence-electron chi connectivity index (χ4n) is 2.70. The molecule has 0 aliphatic rings. The molecular formula is C22H12F4N2O3. The number of nitro groups is 1. The highest BCUT2D eigenvalue weighted by Crippen LogP contribution is 2.38. The summed E-state index contributed by atoms with van der Waals surface area (Å²) >= 11 is 0. The normalized spacial score (nSPS) is 11.6. The number of alkyl halides is 3. The summed E-state index contributed by atoms with van der Waals surface area (Å²) in [6, 6.07) is 15.6. The Morgan fingerprint density at radius 2 is 1.74 bits per heavy atom. The van der Waals surface area contributed by atoms with Gasteiger partial charge in [0, 0.05) is 11.6 Å². The standard InChI is InChI=1S/C22H12F4N2O3/c23-19-4-2-1-3-18(19)15(13-27)11-14-5-8-17(9-6-14)31-21-10-7-16(22(24,25)26)12-20(21)28(29)30/h1-12H/b15-11-. The summed E-state index contributed by atoms with van der Waals surface area (Å²) in [5, 5.41) is 20.5. The van der Waals surface area contributed by atoms with E-state index < -0.39 is 28.2 Å². The number of hydrogen-bond acceptors (Lipinski definition) is 4. The molecule has 0 bridgehead atoms. The molecule has 31 heavy (non-hydrogen) atoms. The zero-order valence-electron chi connectivity index (χ0n) is 15.6. The van der Waals surface area contributed by atoms with Crippen LogP contribution in [-0.4, -0.2) is 4.92 Å². The third-order valence-corrected chi connectivity index (χ3v) is 4.19. The van der Waals surface area contributed by atoms with Gasteiger partial charge in [0.25, 0.3) is 0 Å². The van der Waals surface area contributed by atoms with E-state index in [-0.39, 0.29) is 22.6 Å². The summed E-state index contributed by atoms with van der Waals surface area (Å²) in [5.74, 6) is -0.778. The molecule has 0 aromatic heterocycles. The number of nitrogens with zero attached hydrogens (tertiary/aromatic N) is 2. The Kier molecular flexibility index (Phi) is 6.02. The van der Waals surface area contributed by atoms with Crippen molar-refractivity contribution >= 4 is 17.3 Å². The Bertz CT molecular complexity index is 1200. The van der Waals surface area contributed by atoms with Crippen LogP contribution in [0.5, 0.6) is 11.5 Å². The topological polar surface area (TPSA) is 76.2 Å². The smallest absolute Gasteiger partial charge is 0.416 e. The number of nitriles is 1. The van der Waals surface area contributed by atoms with Crippen LogP contribution in [-0.2, 0) is 6.18 Å². The van der Waals surface area contributed by atoms with Gasteiger partial charge >= 0.3 is 11.9 Å². The van der Waals surface area contributed by atoms with Gasteiger partial charge in [0.15, 0.2) is 0 Å². The molecule has 5 nitrogen and oxygen atoms in total. The van der Waals surface area contributed by atoms with E-state index in [0.29, 0.717) is 17.7 Å². The van der Waals surface area contributed by atoms with Gasteiger partial charge in [-0.2, -0.15) is 18.4 Å². The molecule has 156 valence electrons. The largest absolute Gasteiger partial charge is 0.450 e. The van der Waals surface area contributed by atoms with Crippen LogP contribution < -0.4 is 4.74 Å². The zero-order chi connectivity index (χ0) is 22.6. The van der Waals surface area contributed by atoms with Crippen molar-refractivity contribution in [2.45, 2.75) is 6.18 Å². The van der Waals surface area contributed by atoms with Crippen LogP contribution in [0.3, 0.4) is 0 Å². The fourth-order valence-corrected chi connectivity index (χ4v) is 2.70. The molecule has 3 aromatic rings. The molecule has 0 saturated carbocycles. The first-order valence-corrected chi connectivity index (χ1v) is 8.69. The molecule has 0 heterocycles. The maximum atomic E-state index is 13.9. The molecule has 3 aromatic carbocycles. The van der Waals surface area contributed by atoms with Crippen molar-refractivity contribution in [2.24, 2.45) is 0 Å². The van der Waals surface area contributed by atoms with Crippen LogP contribution in [0.15, 0.2) is 66.7 Å². The van der Waals surface area contributed by atoms with Crippen molar-refractivity contribution in [1.29, 1.82) is 5.26 Å². The van der Waals surface area contributed by atoms with Crippen molar-refractivity contribution in [3.8, 4) is 17.6 Å². The van der Waals surface area contributed by atoms with Crippen LogP contribution in [0, 0.1) is 27.3 Å². The molecule has 0 fully saturated rings. The molecule has 0 atom stereocenters. The number of allylic oxidation sites excluding steroid dienone is 1. The highest BCUT2D eigenvalue weighted by Gasteiger charge is 2.33. The summed E-state index contributed by atoms with van der Waals surface area (Å²) in [5.41, 5.74) is -1.25. The van der Waals surface area contributed by atoms with Gasteiger partial charge in [-0.05, 0) is 42.0 Å². The van der Waals surface area contributed by atoms with E-state index in [9.17, 15) is 32.9 Å². The maximum Gasteiger partial charge on any atom is 0.416 e. The lowest BCUT2D eigenvalue weighted by molar-refractivity contribution is -0.385. The van der Waals surface area contributed by atoms with Crippen LogP contribution in [0.25, 0.3) is 11.6 Å². The highest BCUT2D eigenvalue weighted by atomic mass is 19.4. The third-order valence-electron chi connectivity index (χ3n) is 4.19. The fraction of sp³-hybridized carbons (Fsp3) is 0.0455. The van der Waals surface area contributed by atoms with Crippen molar-refractivity contribution in [3.05, 3.63) is 99.4 Å². The van der Waals surface area contributed by atoms with Crippen molar-refractivity contribution in [2.75, 3.05) is 0 Å². The number of halogens is 4. The van der Waals surface area contributed by atoms with Crippen LogP contribution in [0.2, 0.25) is 0 Å². The second-order valence-corrected chi connectivity index (χ2v) is 6.26. The minimum Gasteiger partial charge on any atom is -0.450 e. The molecule has 0 spiro atoms. The first-order valence-electron chi connectivity index (χ1n) is 8.69. The predicted octanol–water partition coefficient (Wildman–Crippen LogP) is 6.61. The van der Waals surface area contributed by atoms with Crippen molar-refractivity contribution in [1.82, 2.24) is 0 Å². The molecule has 3 rings (SSSR count). The van der Waals surface area contributed by atoms with E-state index in [1.807, 2.05) is 6.07 Å². The maximum absolute atomic E-state index is 13.9. The molecule has 0 radical (unpaired) electrons. The molecule has 0 aliphatic carbocycles. The second-order valence-electron chi connectivity index (χ2n) is 6.26. The van der Waals surface area contributed by atoms with Gasteiger partial charge < -0.3 is 4.74 Å². The van der Waals surface area contributed by atoms with E-state index in [1.165, 1.54) is 48.5 Å². The predicted molar refractivity (Wildman–Crippen MR) is 104 cm³/mol. The summed E-state index contributed by atoms with van der Waals surface area (Å²) in [4.78, 5) is 10.2. The molecule has 0 unspecified atom stereocenters. The monoisotopic (exact) mass is 428 g/mol. The number of ether oxygens (including phenoxy) is 1. The molecule has 0 aliphatic heterocycles. The Balaban J connectivity index is 1.87. The summed E-state index contributed by atoms with van der Waals surface area (Å²) in [6.45, 7) is 0. The van der Waals surface area contributed by atoms with Gasteiger partial charge in [0.1, 0.15) is 11.6 Å². The van der Waals surface area contributed by atoms with Crippen LogP contribution >= 0.6 is 0 Å². The average molecular weight is 428 g/mol. The molecule has 0 amide bonds.